The highest BCUT2D eigenvalue weighted by molar-refractivity contribution is 8.00. The second kappa shape index (κ2) is 7.61. The van der Waals surface area contributed by atoms with Gasteiger partial charge in [-0.1, -0.05) is 12.1 Å². The number of esters is 1. The van der Waals surface area contributed by atoms with Crippen molar-refractivity contribution in [2.24, 2.45) is 0 Å². The quantitative estimate of drug-likeness (QED) is 0.416. The molecule has 1 N–H and O–H groups in total. The molecule has 134 valence electrons. The second-order valence-electron chi connectivity index (χ2n) is 5.56. The molecule has 1 heterocycles. The highest BCUT2D eigenvalue weighted by atomic mass is 32.2. The van der Waals surface area contributed by atoms with Crippen LogP contribution in [0, 0.1) is 12.7 Å². The molecule has 7 heteroatoms. The number of aromatic hydroxyl groups is 1. The van der Waals surface area contributed by atoms with E-state index in [1.54, 1.807) is 31.2 Å². The maximum Gasteiger partial charge on any atom is 0.336 e. The second-order valence-corrected chi connectivity index (χ2v) is 6.57. The summed E-state index contributed by atoms with van der Waals surface area (Å²) < 4.78 is 23.9. The standard InChI is InChI=1S/C19H15FO5S/c1-11-15(21)7-6-13-12(8-17(22)25-19(11)13)9-24-18(23)10-26-16-5-3-2-4-14(16)20/h2-8,21H,9-10H2,1H3. The molecule has 0 radical (unpaired) electrons. The van der Waals surface area contributed by atoms with E-state index in [-0.39, 0.29) is 23.7 Å². The van der Waals surface area contributed by atoms with Crippen LogP contribution in [0.3, 0.4) is 0 Å². The number of fused-ring (bicyclic) bond motifs is 1. The van der Waals surface area contributed by atoms with Crippen molar-refractivity contribution >= 4 is 28.7 Å². The first-order valence-electron chi connectivity index (χ1n) is 7.74. The van der Waals surface area contributed by atoms with E-state index in [9.17, 15) is 19.1 Å². The molecular weight excluding hydrogens is 359 g/mol. The summed E-state index contributed by atoms with van der Waals surface area (Å²) in [5.74, 6) is -0.974. The first-order valence-corrected chi connectivity index (χ1v) is 8.72. The van der Waals surface area contributed by atoms with E-state index in [1.807, 2.05) is 0 Å². The van der Waals surface area contributed by atoms with Gasteiger partial charge in [-0.3, -0.25) is 4.79 Å². The minimum atomic E-state index is -0.599. The monoisotopic (exact) mass is 374 g/mol. The lowest BCUT2D eigenvalue weighted by Crippen LogP contribution is -2.09. The van der Waals surface area contributed by atoms with Crippen molar-refractivity contribution in [1.82, 2.24) is 0 Å². The molecule has 0 saturated heterocycles. The molecule has 3 aromatic rings. The van der Waals surface area contributed by atoms with E-state index in [1.165, 1.54) is 18.2 Å². The van der Waals surface area contributed by atoms with E-state index in [0.717, 1.165) is 11.8 Å². The zero-order valence-electron chi connectivity index (χ0n) is 13.8. The van der Waals surface area contributed by atoms with Gasteiger partial charge in [0.2, 0.25) is 0 Å². The van der Waals surface area contributed by atoms with Crippen LogP contribution < -0.4 is 5.63 Å². The number of phenolic OH excluding ortho intramolecular Hbond substituents is 1. The first kappa shape index (κ1) is 18.0. The van der Waals surface area contributed by atoms with E-state index >= 15 is 0 Å². The molecule has 0 bridgehead atoms. The van der Waals surface area contributed by atoms with Crippen LogP contribution >= 0.6 is 11.8 Å². The van der Waals surface area contributed by atoms with Gasteiger partial charge >= 0.3 is 11.6 Å². The Morgan fingerprint density at radius 1 is 1.27 bits per heavy atom. The molecule has 0 spiro atoms. The van der Waals surface area contributed by atoms with Crippen LogP contribution in [-0.4, -0.2) is 16.8 Å². The molecule has 0 unspecified atom stereocenters. The number of aryl methyl sites for hydroxylation is 1. The number of carbonyl (C=O) groups excluding carboxylic acids is 1. The number of phenols is 1. The minimum absolute atomic E-state index is 0.0103. The number of benzene rings is 2. The van der Waals surface area contributed by atoms with Crippen molar-refractivity contribution in [1.29, 1.82) is 0 Å². The molecule has 0 atom stereocenters. The summed E-state index contributed by atoms with van der Waals surface area (Å²) in [7, 11) is 0. The van der Waals surface area contributed by atoms with Crippen LogP contribution in [-0.2, 0) is 16.1 Å². The fraction of sp³-hybridized carbons (Fsp3) is 0.158. The van der Waals surface area contributed by atoms with Crippen molar-refractivity contribution in [3.8, 4) is 5.75 Å². The maximum absolute atomic E-state index is 13.5. The number of thioether (sulfide) groups is 1. The van der Waals surface area contributed by atoms with Gasteiger partial charge in [-0.25, -0.2) is 9.18 Å². The van der Waals surface area contributed by atoms with Gasteiger partial charge in [0.25, 0.3) is 0 Å². The molecule has 26 heavy (non-hydrogen) atoms. The van der Waals surface area contributed by atoms with Crippen LogP contribution in [0.25, 0.3) is 11.0 Å². The Morgan fingerprint density at radius 3 is 2.81 bits per heavy atom. The molecule has 0 amide bonds. The van der Waals surface area contributed by atoms with Crippen LogP contribution in [0.1, 0.15) is 11.1 Å². The summed E-state index contributed by atoms with van der Waals surface area (Å²) >= 11 is 1.04. The van der Waals surface area contributed by atoms with Gasteiger partial charge < -0.3 is 14.3 Å². The van der Waals surface area contributed by atoms with Gasteiger partial charge in [0.05, 0.1) is 5.75 Å². The molecule has 0 saturated carbocycles. The Hall–Kier alpha value is -2.80. The number of rotatable bonds is 5. The Bertz CT molecular complexity index is 1030. The van der Waals surface area contributed by atoms with Gasteiger partial charge in [-0.05, 0) is 31.2 Å². The van der Waals surface area contributed by atoms with Gasteiger partial charge in [-0.2, -0.15) is 0 Å². The van der Waals surface area contributed by atoms with E-state index < -0.39 is 17.4 Å². The zero-order chi connectivity index (χ0) is 18.7. The van der Waals surface area contributed by atoms with Crippen molar-refractivity contribution < 1.29 is 23.4 Å². The lowest BCUT2D eigenvalue weighted by Gasteiger charge is -2.09. The largest absolute Gasteiger partial charge is 0.508 e. The summed E-state index contributed by atoms with van der Waals surface area (Å²) in [6, 6.07) is 10.5. The van der Waals surface area contributed by atoms with Crippen LogP contribution in [0.2, 0.25) is 0 Å². The molecule has 5 nitrogen and oxygen atoms in total. The number of hydrogen-bond acceptors (Lipinski definition) is 6. The Labute approximate surface area is 152 Å². The van der Waals surface area contributed by atoms with E-state index in [0.29, 0.717) is 21.4 Å². The normalized spacial score (nSPS) is 10.8. The highest BCUT2D eigenvalue weighted by Gasteiger charge is 2.13. The van der Waals surface area contributed by atoms with Crippen molar-refractivity contribution in [2.45, 2.75) is 18.4 Å². The number of carbonyl (C=O) groups is 1. The predicted octanol–water partition coefficient (Wildman–Crippen LogP) is 3.78. The molecule has 3 rings (SSSR count). The lowest BCUT2D eigenvalue weighted by atomic mass is 10.1. The highest BCUT2D eigenvalue weighted by Crippen LogP contribution is 2.28. The third kappa shape index (κ3) is 3.88. The topological polar surface area (TPSA) is 76.7 Å². The average molecular weight is 374 g/mol. The van der Waals surface area contributed by atoms with Crippen molar-refractivity contribution in [2.75, 3.05) is 5.75 Å². The molecule has 2 aromatic carbocycles. The summed E-state index contributed by atoms with van der Waals surface area (Å²) in [6.07, 6.45) is 0. The summed E-state index contributed by atoms with van der Waals surface area (Å²) in [5, 5.41) is 10.3. The Morgan fingerprint density at radius 2 is 2.04 bits per heavy atom. The molecule has 1 aromatic heterocycles. The zero-order valence-corrected chi connectivity index (χ0v) is 14.6. The van der Waals surface area contributed by atoms with E-state index in [4.69, 9.17) is 9.15 Å². The number of halogens is 1. The van der Waals surface area contributed by atoms with E-state index in [2.05, 4.69) is 0 Å². The average Bonchev–Trinajstić information content (AvgIpc) is 2.62. The Balaban J connectivity index is 1.71. The summed E-state index contributed by atoms with van der Waals surface area (Å²) in [4.78, 5) is 24.0. The number of ether oxygens (including phenoxy) is 1. The third-order valence-corrected chi connectivity index (χ3v) is 4.81. The van der Waals surface area contributed by atoms with Crippen LogP contribution in [0.4, 0.5) is 4.39 Å². The van der Waals surface area contributed by atoms with Crippen LogP contribution in [0.5, 0.6) is 5.75 Å². The molecule has 0 aliphatic heterocycles. The molecular formula is C19H15FO5S. The number of hydrogen-bond donors (Lipinski definition) is 1. The fourth-order valence-corrected chi connectivity index (χ4v) is 3.17. The van der Waals surface area contributed by atoms with Crippen molar-refractivity contribution in [3.05, 3.63) is 69.8 Å². The van der Waals surface area contributed by atoms with Gasteiger partial charge in [0, 0.05) is 27.5 Å². The predicted molar refractivity (Wildman–Crippen MR) is 95.8 cm³/mol. The lowest BCUT2D eigenvalue weighted by molar-refractivity contribution is -0.141. The third-order valence-electron chi connectivity index (χ3n) is 3.79. The SMILES string of the molecule is Cc1c(O)ccc2c(COC(=O)CSc3ccccc3F)cc(=O)oc12. The molecule has 0 fully saturated rings. The van der Waals surface area contributed by atoms with Crippen molar-refractivity contribution in [3.63, 3.8) is 0 Å². The Kier molecular flexibility index (Phi) is 5.27. The minimum Gasteiger partial charge on any atom is -0.508 e. The van der Waals surface area contributed by atoms with Gasteiger partial charge in [-0.15, -0.1) is 11.8 Å². The maximum atomic E-state index is 13.5. The summed E-state index contributed by atoms with van der Waals surface area (Å²) in [5.41, 5.74) is 0.564. The fourth-order valence-electron chi connectivity index (χ4n) is 2.43. The summed E-state index contributed by atoms with van der Waals surface area (Å²) in [6.45, 7) is 1.50. The smallest absolute Gasteiger partial charge is 0.336 e. The van der Waals surface area contributed by atoms with Crippen LogP contribution in [0.15, 0.2) is 56.6 Å². The molecule has 0 aliphatic carbocycles. The van der Waals surface area contributed by atoms with Gasteiger partial charge in [0.15, 0.2) is 0 Å². The van der Waals surface area contributed by atoms with Gasteiger partial charge in [0.1, 0.15) is 23.8 Å². The first-order chi connectivity index (χ1) is 12.5. The molecule has 0 aliphatic rings.